The molecule has 0 atom stereocenters. The molecule has 0 aromatic heterocycles. The van der Waals surface area contributed by atoms with Crippen molar-refractivity contribution in [3.8, 4) is 0 Å². The SMILES string of the molecule is CCCCC[C@H]1CC[C@H]([C@H]2OC[C@H](CCCC[C@H]3OC[C@H](CCCC)CO3)CO2)CC1. The molecule has 2 aliphatic heterocycles. The van der Waals surface area contributed by atoms with Crippen LogP contribution in [-0.2, 0) is 18.9 Å². The van der Waals surface area contributed by atoms with Gasteiger partial charge in [0.1, 0.15) is 0 Å². The van der Waals surface area contributed by atoms with E-state index < -0.39 is 0 Å². The Morgan fingerprint density at radius 2 is 1.03 bits per heavy atom. The molecule has 31 heavy (non-hydrogen) atoms. The Morgan fingerprint density at radius 3 is 1.68 bits per heavy atom. The van der Waals surface area contributed by atoms with E-state index in [1.807, 2.05) is 0 Å². The normalized spacial score (nSPS) is 34.6. The molecule has 2 heterocycles. The Kier molecular flexibility index (Phi) is 12.2. The van der Waals surface area contributed by atoms with Crippen molar-refractivity contribution in [1.29, 1.82) is 0 Å². The molecule has 4 heteroatoms. The van der Waals surface area contributed by atoms with Crippen molar-refractivity contribution in [3.63, 3.8) is 0 Å². The van der Waals surface area contributed by atoms with Crippen molar-refractivity contribution in [2.45, 2.75) is 123 Å². The van der Waals surface area contributed by atoms with Crippen molar-refractivity contribution in [1.82, 2.24) is 0 Å². The Hall–Kier alpha value is -0.160. The lowest BCUT2D eigenvalue weighted by molar-refractivity contribution is -0.230. The molecule has 3 rings (SSSR count). The molecule has 0 bridgehead atoms. The van der Waals surface area contributed by atoms with Crippen LogP contribution < -0.4 is 0 Å². The van der Waals surface area contributed by atoms with Gasteiger partial charge >= 0.3 is 0 Å². The molecule has 0 spiro atoms. The summed E-state index contributed by atoms with van der Waals surface area (Å²) in [5.41, 5.74) is 0. The highest BCUT2D eigenvalue weighted by atomic mass is 16.7. The zero-order valence-electron chi connectivity index (χ0n) is 20.5. The number of rotatable bonds is 13. The van der Waals surface area contributed by atoms with Gasteiger partial charge in [0, 0.05) is 17.8 Å². The molecule has 1 saturated carbocycles. The molecule has 0 radical (unpaired) electrons. The van der Waals surface area contributed by atoms with Gasteiger partial charge in [0.05, 0.1) is 26.4 Å². The van der Waals surface area contributed by atoms with E-state index in [1.165, 1.54) is 89.9 Å². The lowest BCUT2D eigenvalue weighted by Gasteiger charge is -2.37. The van der Waals surface area contributed by atoms with Crippen LogP contribution in [0.15, 0.2) is 0 Å². The highest BCUT2D eigenvalue weighted by Crippen LogP contribution is 2.36. The van der Waals surface area contributed by atoms with E-state index in [0.717, 1.165) is 38.8 Å². The average Bonchev–Trinajstić information content (AvgIpc) is 2.82. The van der Waals surface area contributed by atoms with E-state index in [-0.39, 0.29) is 12.6 Å². The second kappa shape index (κ2) is 14.9. The van der Waals surface area contributed by atoms with Gasteiger partial charge < -0.3 is 18.9 Å². The summed E-state index contributed by atoms with van der Waals surface area (Å²) in [5.74, 6) is 2.76. The first-order chi connectivity index (χ1) is 15.3. The van der Waals surface area contributed by atoms with Gasteiger partial charge in [-0.2, -0.15) is 0 Å². The smallest absolute Gasteiger partial charge is 0.160 e. The highest BCUT2D eigenvalue weighted by molar-refractivity contribution is 4.77. The van der Waals surface area contributed by atoms with Gasteiger partial charge in [0.2, 0.25) is 0 Å². The minimum absolute atomic E-state index is 0.0261. The van der Waals surface area contributed by atoms with Crippen LogP contribution in [-0.4, -0.2) is 39.0 Å². The Balaban J connectivity index is 1.18. The lowest BCUT2D eigenvalue weighted by Crippen LogP contribution is -2.38. The number of ether oxygens (including phenoxy) is 4. The van der Waals surface area contributed by atoms with Gasteiger partial charge in [0.15, 0.2) is 12.6 Å². The predicted molar refractivity (Wildman–Crippen MR) is 126 cm³/mol. The van der Waals surface area contributed by atoms with E-state index in [0.29, 0.717) is 17.8 Å². The standard InChI is InChI=1S/C27H50O4/c1-3-5-7-11-22-14-16-25(17-15-22)27-30-20-24(21-31-27)12-8-9-13-26-28-18-23(19-29-26)10-6-4-2/h22-27H,3-21H2,1-2H3/t22-,23-,24-,25-,26-,27-. The zero-order chi connectivity index (χ0) is 21.7. The summed E-state index contributed by atoms with van der Waals surface area (Å²) in [6, 6.07) is 0. The van der Waals surface area contributed by atoms with E-state index >= 15 is 0 Å². The summed E-state index contributed by atoms with van der Waals surface area (Å²) in [6.45, 7) is 8.09. The van der Waals surface area contributed by atoms with Crippen LogP contribution in [0.25, 0.3) is 0 Å². The molecule has 0 aromatic rings. The van der Waals surface area contributed by atoms with Gasteiger partial charge in [-0.3, -0.25) is 0 Å². The molecule has 0 amide bonds. The Morgan fingerprint density at radius 1 is 0.516 bits per heavy atom. The van der Waals surface area contributed by atoms with Crippen molar-refractivity contribution < 1.29 is 18.9 Å². The molecule has 3 fully saturated rings. The first-order valence-electron chi connectivity index (χ1n) is 13.7. The third-order valence-electron chi connectivity index (χ3n) is 7.79. The van der Waals surface area contributed by atoms with E-state index in [1.54, 1.807) is 0 Å². The largest absolute Gasteiger partial charge is 0.352 e. The van der Waals surface area contributed by atoms with Crippen LogP contribution >= 0.6 is 0 Å². The molecule has 0 N–H and O–H groups in total. The molecule has 0 aromatic carbocycles. The van der Waals surface area contributed by atoms with Crippen LogP contribution in [0.3, 0.4) is 0 Å². The van der Waals surface area contributed by atoms with Crippen molar-refractivity contribution in [3.05, 3.63) is 0 Å². The molecular formula is C27H50O4. The highest BCUT2D eigenvalue weighted by Gasteiger charge is 2.32. The second-order valence-corrected chi connectivity index (χ2v) is 10.6. The first-order valence-corrected chi connectivity index (χ1v) is 13.7. The van der Waals surface area contributed by atoms with Gasteiger partial charge in [0.25, 0.3) is 0 Å². The van der Waals surface area contributed by atoms with Crippen LogP contribution in [0.5, 0.6) is 0 Å². The molecule has 182 valence electrons. The fourth-order valence-corrected chi connectivity index (χ4v) is 5.58. The Bertz CT molecular complexity index is 433. The number of hydrogen-bond donors (Lipinski definition) is 0. The monoisotopic (exact) mass is 438 g/mol. The van der Waals surface area contributed by atoms with Gasteiger partial charge in [-0.05, 0) is 57.3 Å². The van der Waals surface area contributed by atoms with Crippen molar-refractivity contribution >= 4 is 0 Å². The molecule has 2 saturated heterocycles. The summed E-state index contributed by atoms with van der Waals surface area (Å²) in [5, 5.41) is 0. The quantitative estimate of drug-likeness (QED) is 0.287. The summed E-state index contributed by atoms with van der Waals surface area (Å²) in [4.78, 5) is 0. The first kappa shape index (κ1) is 25.5. The maximum Gasteiger partial charge on any atom is 0.160 e. The van der Waals surface area contributed by atoms with E-state index in [9.17, 15) is 0 Å². The van der Waals surface area contributed by atoms with Crippen molar-refractivity contribution in [2.24, 2.45) is 23.7 Å². The van der Waals surface area contributed by atoms with Gasteiger partial charge in [-0.1, -0.05) is 58.8 Å². The molecule has 3 aliphatic rings. The van der Waals surface area contributed by atoms with Crippen LogP contribution in [0.4, 0.5) is 0 Å². The van der Waals surface area contributed by atoms with Gasteiger partial charge in [-0.15, -0.1) is 0 Å². The number of unbranched alkanes of at least 4 members (excludes halogenated alkanes) is 4. The maximum atomic E-state index is 6.18. The predicted octanol–water partition coefficient (Wildman–Crippen LogP) is 7.10. The third-order valence-corrected chi connectivity index (χ3v) is 7.79. The maximum absolute atomic E-state index is 6.18. The van der Waals surface area contributed by atoms with Crippen LogP contribution in [0, 0.1) is 23.7 Å². The van der Waals surface area contributed by atoms with Crippen LogP contribution in [0.2, 0.25) is 0 Å². The minimum atomic E-state index is 0.0261. The fourth-order valence-electron chi connectivity index (χ4n) is 5.58. The molecular weight excluding hydrogens is 388 g/mol. The average molecular weight is 439 g/mol. The lowest BCUT2D eigenvalue weighted by atomic mass is 9.79. The van der Waals surface area contributed by atoms with E-state index in [4.69, 9.17) is 18.9 Å². The molecule has 4 nitrogen and oxygen atoms in total. The third kappa shape index (κ3) is 9.31. The fraction of sp³-hybridized carbons (Fsp3) is 1.00. The van der Waals surface area contributed by atoms with Gasteiger partial charge in [-0.25, -0.2) is 0 Å². The Labute approximate surface area is 192 Å². The number of hydrogen-bond acceptors (Lipinski definition) is 4. The van der Waals surface area contributed by atoms with Crippen LogP contribution in [0.1, 0.15) is 110 Å². The second-order valence-electron chi connectivity index (χ2n) is 10.6. The molecule has 0 unspecified atom stereocenters. The summed E-state index contributed by atoms with van der Waals surface area (Å²) in [7, 11) is 0. The topological polar surface area (TPSA) is 36.9 Å². The summed E-state index contributed by atoms with van der Waals surface area (Å²) in [6.07, 6.45) is 19.4. The summed E-state index contributed by atoms with van der Waals surface area (Å²) >= 11 is 0. The minimum Gasteiger partial charge on any atom is -0.352 e. The van der Waals surface area contributed by atoms with Crippen molar-refractivity contribution in [2.75, 3.05) is 26.4 Å². The molecule has 1 aliphatic carbocycles. The summed E-state index contributed by atoms with van der Waals surface area (Å²) < 4.78 is 24.2. The van der Waals surface area contributed by atoms with E-state index in [2.05, 4.69) is 13.8 Å². The zero-order valence-corrected chi connectivity index (χ0v) is 20.5.